The molecule has 0 saturated heterocycles. The first-order chi connectivity index (χ1) is 12.1. The first kappa shape index (κ1) is 17.7. The van der Waals surface area contributed by atoms with Crippen LogP contribution in [0.4, 0.5) is 0 Å². The highest BCUT2D eigenvalue weighted by Gasteiger charge is 2.31. The summed E-state index contributed by atoms with van der Waals surface area (Å²) in [4.78, 5) is 0. The van der Waals surface area contributed by atoms with Crippen LogP contribution < -0.4 is 10.6 Å². The summed E-state index contributed by atoms with van der Waals surface area (Å²) in [6.45, 7) is -0.288. The van der Waals surface area contributed by atoms with E-state index in [9.17, 15) is 9.67 Å². The van der Waals surface area contributed by atoms with E-state index in [1.165, 1.54) is 0 Å². The van der Waals surface area contributed by atoms with E-state index < -0.39 is 7.14 Å². The van der Waals surface area contributed by atoms with Crippen LogP contribution in [0.5, 0.6) is 0 Å². The van der Waals surface area contributed by atoms with Gasteiger partial charge in [0.15, 0.2) is 7.14 Å². The van der Waals surface area contributed by atoms with Gasteiger partial charge in [-0.3, -0.25) is 0 Å². The Labute approximate surface area is 152 Å². The third-order valence-electron chi connectivity index (χ3n) is 4.01. The molecular formula is C21H18ClO2P. The van der Waals surface area contributed by atoms with Crippen LogP contribution in [0.1, 0.15) is 5.56 Å². The molecule has 0 aliphatic rings. The number of hydrogen-bond acceptors (Lipinski definition) is 2. The van der Waals surface area contributed by atoms with Gasteiger partial charge in [-0.15, -0.1) is 0 Å². The molecule has 2 nitrogen and oxygen atoms in total. The maximum Gasteiger partial charge on any atom is 0.169 e. The molecule has 0 spiro atoms. The Hall–Kier alpha value is -2.12. The average Bonchev–Trinajstić information content (AvgIpc) is 2.68. The predicted octanol–water partition coefficient (Wildman–Crippen LogP) is 4.69. The van der Waals surface area contributed by atoms with Crippen molar-refractivity contribution in [2.24, 2.45) is 0 Å². The molecule has 1 N–H and O–H groups in total. The van der Waals surface area contributed by atoms with Crippen LogP contribution in [-0.4, -0.2) is 11.7 Å². The fourth-order valence-electron chi connectivity index (χ4n) is 2.74. The SMILES string of the molecule is O=P(/C(=C\c1ccc(Cl)cc1)CO)(c1ccccc1)c1ccccc1. The minimum Gasteiger partial charge on any atom is -0.391 e. The third-order valence-corrected chi connectivity index (χ3v) is 7.39. The van der Waals surface area contributed by atoms with Crippen LogP contribution in [0.15, 0.2) is 90.2 Å². The summed E-state index contributed by atoms with van der Waals surface area (Å²) in [5, 5.41) is 12.6. The van der Waals surface area contributed by atoms with E-state index in [0.29, 0.717) is 20.9 Å². The highest BCUT2D eigenvalue weighted by molar-refractivity contribution is 7.82. The normalized spacial score (nSPS) is 12.2. The van der Waals surface area contributed by atoms with Gasteiger partial charge in [0.05, 0.1) is 6.61 Å². The Balaban J connectivity index is 2.20. The van der Waals surface area contributed by atoms with E-state index in [4.69, 9.17) is 11.6 Å². The molecule has 3 aromatic rings. The molecule has 0 saturated carbocycles. The number of hydrogen-bond donors (Lipinski definition) is 1. The molecule has 0 heterocycles. The summed E-state index contributed by atoms with van der Waals surface area (Å²) in [5.74, 6) is 0. The average molecular weight is 369 g/mol. The smallest absolute Gasteiger partial charge is 0.169 e. The van der Waals surface area contributed by atoms with Gasteiger partial charge in [0.25, 0.3) is 0 Å². The van der Waals surface area contributed by atoms with E-state index in [2.05, 4.69) is 0 Å². The van der Waals surface area contributed by atoms with Gasteiger partial charge in [0, 0.05) is 20.9 Å². The van der Waals surface area contributed by atoms with Crippen molar-refractivity contribution in [3.8, 4) is 0 Å². The van der Waals surface area contributed by atoms with Crippen LogP contribution in [-0.2, 0) is 4.57 Å². The Morgan fingerprint density at radius 3 is 1.76 bits per heavy atom. The quantitative estimate of drug-likeness (QED) is 0.663. The molecule has 0 aromatic heterocycles. The van der Waals surface area contributed by atoms with Gasteiger partial charge in [-0.2, -0.15) is 0 Å². The summed E-state index contributed by atoms with van der Waals surface area (Å²) in [6, 6.07) is 25.9. The Bertz CT molecular complexity index is 860. The number of rotatable bonds is 5. The molecule has 0 aliphatic heterocycles. The number of halogens is 1. The monoisotopic (exact) mass is 368 g/mol. The summed E-state index contributed by atoms with van der Waals surface area (Å²) >= 11 is 5.94. The van der Waals surface area contributed by atoms with Crippen molar-refractivity contribution in [3.63, 3.8) is 0 Å². The molecule has 0 radical (unpaired) electrons. The van der Waals surface area contributed by atoms with Gasteiger partial charge in [-0.1, -0.05) is 84.4 Å². The number of aliphatic hydroxyl groups excluding tert-OH is 1. The Kier molecular flexibility index (Phi) is 5.55. The molecule has 126 valence electrons. The van der Waals surface area contributed by atoms with Gasteiger partial charge < -0.3 is 9.67 Å². The molecule has 0 unspecified atom stereocenters. The molecule has 0 fully saturated rings. The standard InChI is InChI=1S/C21H18ClO2P/c22-18-13-11-17(12-14-18)15-21(16-23)25(24,19-7-3-1-4-8-19)20-9-5-2-6-10-20/h1-15,23H,16H2/b21-15-. The van der Waals surface area contributed by atoms with Crippen molar-refractivity contribution in [3.05, 3.63) is 101 Å². The zero-order chi connectivity index (χ0) is 17.7. The van der Waals surface area contributed by atoms with Crippen LogP contribution in [0.25, 0.3) is 6.08 Å². The second-order valence-corrected chi connectivity index (χ2v) is 8.89. The van der Waals surface area contributed by atoms with Crippen molar-refractivity contribution < 1.29 is 9.67 Å². The lowest BCUT2D eigenvalue weighted by Crippen LogP contribution is -2.18. The molecule has 0 aliphatic carbocycles. The van der Waals surface area contributed by atoms with Crippen LogP contribution >= 0.6 is 18.7 Å². The van der Waals surface area contributed by atoms with Crippen LogP contribution in [0, 0.1) is 0 Å². The second kappa shape index (κ2) is 7.84. The molecule has 0 bridgehead atoms. The van der Waals surface area contributed by atoms with E-state index in [1.807, 2.05) is 72.8 Å². The van der Waals surface area contributed by atoms with E-state index in [1.54, 1.807) is 18.2 Å². The van der Waals surface area contributed by atoms with E-state index >= 15 is 0 Å². The topological polar surface area (TPSA) is 37.3 Å². The maximum atomic E-state index is 14.2. The lowest BCUT2D eigenvalue weighted by atomic mass is 10.2. The number of benzene rings is 3. The first-order valence-corrected chi connectivity index (χ1v) is 10.0. The molecule has 3 rings (SSSR count). The van der Waals surface area contributed by atoms with Gasteiger partial charge in [0.2, 0.25) is 0 Å². The maximum absolute atomic E-state index is 14.2. The van der Waals surface area contributed by atoms with Gasteiger partial charge in [-0.25, -0.2) is 0 Å². The molecule has 0 amide bonds. The lowest BCUT2D eigenvalue weighted by molar-refractivity contribution is 0.339. The molecule has 4 heteroatoms. The van der Waals surface area contributed by atoms with Gasteiger partial charge >= 0.3 is 0 Å². The van der Waals surface area contributed by atoms with Crippen molar-refractivity contribution >= 4 is 35.4 Å². The molecule has 3 aromatic carbocycles. The minimum absolute atomic E-state index is 0.288. The fourth-order valence-corrected chi connectivity index (χ4v) is 5.55. The van der Waals surface area contributed by atoms with Crippen molar-refractivity contribution in [1.82, 2.24) is 0 Å². The Morgan fingerprint density at radius 2 is 1.32 bits per heavy atom. The number of aliphatic hydroxyl groups is 1. The summed E-state index contributed by atoms with van der Waals surface area (Å²) in [6.07, 6.45) is 1.79. The summed E-state index contributed by atoms with van der Waals surface area (Å²) in [7, 11) is -3.13. The highest BCUT2D eigenvalue weighted by Crippen LogP contribution is 2.52. The van der Waals surface area contributed by atoms with Crippen molar-refractivity contribution in [2.75, 3.05) is 6.61 Å². The molecule has 0 atom stereocenters. The zero-order valence-corrected chi connectivity index (χ0v) is 15.2. The molecular weight excluding hydrogens is 351 g/mol. The lowest BCUT2D eigenvalue weighted by Gasteiger charge is -2.21. The van der Waals surface area contributed by atoms with Crippen LogP contribution in [0.2, 0.25) is 5.02 Å². The van der Waals surface area contributed by atoms with E-state index in [-0.39, 0.29) is 6.61 Å². The summed E-state index contributed by atoms with van der Waals surface area (Å²) < 4.78 is 14.2. The van der Waals surface area contributed by atoms with Gasteiger partial charge in [0.1, 0.15) is 0 Å². The molecule has 25 heavy (non-hydrogen) atoms. The van der Waals surface area contributed by atoms with Crippen molar-refractivity contribution in [1.29, 1.82) is 0 Å². The predicted molar refractivity (Wildman–Crippen MR) is 106 cm³/mol. The van der Waals surface area contributed by atoms with Crippen LogP contribution in [0.3, 0.4) is 0 Å². The van der Waals surface area contributed by atoms with Gasteiger partial charge in [-0.05, 0) is 23.8 Å². The fraction of sp³-hybridized carbons (Fsp3) is 0.0476. The summed E-state index contributed by atoms with van der Waals surface area (Å²) in [5.41, 5.74) is 0.848. The zero-order valence-electron chi connectivity index (χ0n) is 13.5. The van der Waals surface area contributed by atoms with E-state index in [0.717, 1.165) is 5.56 Å². The second-order valence-electron chi connectivity index (χ2n) is 5.63. The first-order valence-electron chi connectivity index (χ1n) is 7.93. The third kappa shape index (κ3) is 3.77. The minimum atomic E-state index is -3.13. The Morgan fingerprint density at radius 1 is 0.840 bits per heavy atom. The largest absolute Gasteiger partial charge is 0.391 e. The highest BCUT2D eigenvalue weighted by atomic mass is 35.5. The van der Waals surface area contributed by atoms with Crippen molar-refractivity contribution in [2.45, 2.75) is 0 Å².